The molecule has 408 valence electrons. The maximum atomic E-state index is 13.2. The van der Waals surface area contributed by atoms with Crippen LogP contribution in [0.25, 0.3) is 22.3 Å². The molecule has 0 bridgehead atoms. The molecule has 0 aromatic heterocycles. The van der Waals surface area contributed by atoms with Gasteiger partial charge in [0.15, 0.2) is 11.5 Å². The van der Waals surface area contributed by atoms with Crippen molar-refractivity contribution in [1.29, 1.82) is 0 Å². The molecule has 2 saturated carbocycles. The molecule has 5 aromatic carbocycles. The lowest BCUT2D eigenvalue weighted by Crippen LogP contribution is -2.17. The van der Waals surface area contributed by atoms with E-state index in [1.165, 1.54) is 34.4 Å². The zero-order valence-corrected chi connectivity index (χ0v) is 45.4. The number of unbranched alkanes of at least 4 members (excludes halogenated alkanes) is 6. The minimum atomic E-state index is -0.370. The Morgan fingerprint density at radius 1 is 0.442 bits per heavy atom. The summed E-state index contributed by atoms with van der Waals surface area (Å²) in [4.78, 5) is 48.7. The van der Waals surface area contributed by atoms with E-state index in [1.807, 2.05) is 37.3 Å². The Morgan fingerprint density at radius 3 is 1.19 bits per heavy atom. The Morgan fingerprint density at radius 2 is 0.805 bits per heavy atom. The number of hydrogen-bond donors (Lipinski definition) is 0. The fraction of sp³-hybridized carbons (Fsp3) is 0.433. The van der Waals surface area contributed by atoms with Crippen LogP contribution in [0.15, 0.2) is 141 Å². The predicted octanol–water partition coefficient (Wildman–Crippen LogP) is 16.0. The van der Waals surface area contributed by atoms with Crippen LogP contribution in [0.3, 0.4) is 0 Å². The number of carbonyl (C=O) groups is 4. The summed E-state index contributed by atoms with van der Waals surface area (Å²) in [6.45, 7) is 10.9. The van der Waals surface area contributed by atoms with Gasteiger partial charge in [0.25, 0.3) is 0 Å². The second-order valence-corrected chi connectivity index (χ2v) is 21.0. The van der Waals surface area contributed by atoms with Gasteiger partial charge in [-0.05, 0) is 222 Å². The molecule has 0 spiro atoms. The minimum absolute atomic E-state index is 0.295. The van der Waals surface area contributed by atoms with E-state index in [9.17, 15) is 19.2 Å². The molecule has 0 saturated heterocycles. The van der Waals surface area contributed by atoms with Gasteiger partial charge in [0.05, 0.1) is 26.4 Å². The fourth-order valence-electron chi connectivity index (χ4n) is 10.7. The monoisotopic (exact) mass is 1040 g/mol. The third-order valence-corrected chi connectivity index (χ3v) is 15.3. The number of ether oxygens (including phenoxy) is 6. The third kappa shape index (κ3) is 19.5. The maximum Gasteiger partial charge on any atom is 0.330 e. The third-order valence-electron chi connectivity index (χ3n) is 15.3. The molecule has 0 amide bonds. The topological polar surface area (TPSA) is 124 Å². The van der Waals surface area contributed by atoms with E-state index in [0.29, 0.717) is 74.4 Å². The standard InChI is InChI=1S/C67H80O10/c1-4-64(68)74-46-12-8-6-10-44-72-60-37-33-58(34-38-60)56-29-25-54(26-30-56)52-21-15-50(16-22-52)19-42-66(70)76-62-41-14-49(3)48-63(62)77-67(71)43-20-51-17-23-53(24-18-51)55-27-31-57(32-28-55)59-35-39-61(40-36-59)73-45-11-7-9-13-47-75-65(69)5-2/h4-5,14,25-41,48,50-53H,1-2,6-13,15-24,42-47H2,3H3. The molecule has 5 aromatic rings. The lowest BCUT2D eigenvalue weighted by atomic mass is 9.77. The van der Waals surface area contributed by atoms with Crippen molar-refractivity contribution in [2.75, 3.05) is 26.4 Å². The molecule has 2 aliphatic rings. The molecule has 0 unspecified atom stereocenters. The van der Waals surface area contributed by atoms with Crippen LogP contribution >= 0.6 is 0 Å². The van der Waals surface area contributed by atoms with Crippen LogP contribution in [-0.2, 0) is 28.7 Å². The van der Waals surface area contributed by atoms with Gasteiger partial charge in [0.2, 0.25) is 0 Å². The Kier molecular flexibility index (Phi) is 23.5. The summed E-state index contributed by atoms with van der Waals surface area (Å²) in [7, 11) is 0. The Labute approximate surface area is 457 Å². The summed E-state index contributed by atoms with van der Waals surface area (Å²) >= 11 is 0. The lowest BCUT2D eigenvalue weighted by molar-refractivity contribution is -0.138. The zero-order valence-electron chi connectivity index (χ0n) is 45.4. The van der Waals surface area contributed by atoms with Crippen LogP contribution in [0.2, 0.25) is 0 Å². The van der Waals surface area contributed by atoms with Gasteiger partial charge in [-0.25, -0.2) is 9.59 Å². The number of aryl methyl sites for hydroxylation is 1. The zero-order chi connectivity index (χ0) is 54.0. The van der Waals surface area contributed by atoms with Gasteiger partial charge in [0, 0.05) is 25.0 Å². The van der Waals surface area contributed by atoms with Gasteiger partial charge >= 0.3 is 23.9 Å². The average Bonchev–Trinajstić information content (AvgIpc) is 3.47. The average molecular weight is 1050 g/mol. The second-order valence-electron chi connectivity index (χ2n) is 21.0. The molecule has 0 N–H and O–H groups in total. The van der Waals surface area contributed by atoms with E-state index in [0.717, 1.165) is 144 Å². The maximum absolute atomic E-state index is 13.2. The molecular formula is C67H80O10. The highest BCUT2D eigenvalue weighted by Gasteiger charge is 2.26. The van der Waals surface area contributed by atoms with E-state index in [2.05, 4.69) is 86.0 Å². The molecule has 2 fully saturated rings. The largest absolute Gasteiger partial charge is 0.494 e. The molecular weight excluding hydrogens is 965 g/mol. The normalized spacial score (nSPS) is 17.1. The summed E-state index contributed by atoms with van der Waals surface area (Å²) in [5.74, 6) is 2.97. The first-order valence-electron chi connectivity index (χ1n) is 28.4. The SMILES string of the molecule is C=CC(=O)OCCCCCCOc1ccc(-c2ccc(C3CCC(CCC(=O)Oc4ccc(C)cc4OC(=O)CCC4CCC(c5ccc(-c6ccc(OCCCCCCOC(=O)C=C)cc6)cc5)CC4)CC3)cc2)cc1. The van der Waals surface area contributed by atoms with Crippen LogP contribution in [0, 0.1) is 18.8 Å². The van der Waals surface area contributed by atoms with Crippen LogP contribution in [0.5, 0.6) is 23.0 Å². The molecule has 2 aliphatic carbocycles. The highest BCUT2D eigenvalue weighted by atomic mass is 16.6. The first-order chi connectivity index (χ1) is 37.6. The molecule has 10 nitrogen and oxygen atoms in total. The van der Waals surface area contributed by atoms with Crippen molar-refractivity contribution >= 4 is 23.9 Å². The summed E-state index contributed by atoms with van der Waals surface area (Å²) in [5, 5.41) is 0. The van der Waals surface area contributed by atoms with Crippen LogP contribution in [-0.4, -0.2) is 50.3 Å². The molecule has 10 heteroatoms. The van der Waals surface area contributed by atoms with E-state index < -0.39 is 0 Å². The van der Waals surface area contributed by atoms with Crippen molar-refractivity contribution in [3.05, 3.63) is 157 Å². The predicted molar refractivity (Wildman–Crippen MR) is 304 cm³/mol. The summed E-state index contributed by atoms with van der Waals surface area (Å²) in [6, 6.07) is 39.9. The van der Waals surface area contributed by atoms with Gasteiger partial charge in [-0.1, -0.05) is 92.0 Å². The summed E-state index contributed by atoms with van der Waals surface area (Å²) < 4.78 is 33.7. The first-order valence-corrected chi connectivity index (χ1v) is 28.4. The fourth-order valence-corrected chi connectivity index (χ4v) is 10.7. The molecule has 7 rings (SSSR count). The Bertz CT molecular complexity index is 2620. The van der Waals surface area contributed by atoms with Gasteiger partial charge in [0.1, 0.15) is 11.5 Å². The van der Waals surface area contributed by atoms with Crippen LogP contribution in [0.1, 0.15) is 157 Å². The van der Waals surface area contributed by atoms with Crippen molar-refractivity contribution < 1.29 is 47.6 Å². The highest BCUT2D eigenvalue weighted by molar-refractivity contribution is 5.81. The smallest absolute Gasteiger partial charge is 0.330 e. The highest BCUT2D eigenvalue weighted by Crippen LogP contribution is 2.40. The lowest BCUT2D eigenvalue weighted by Gasteiger charge is -2.29. The van der Waals surface area contributed by atoms with Gasteiger partial charge < -0.3 is 28.4 Å². The van der Waals surface area contributed by atoms with Crippen molar-refractivity contribution in [1.82, 2.24) is 0 Å². The van der Waals surface area contributed by atoms with E-state index in [4.69, 9.17) is 28.4 Å². The minimum Gasteiger partial charge on any atom is -0.494 e. The van der Waals surface area contributed by atoms with E-state index in [1.54, 1.807) is 12.1 Å². The first kappa shape index (κ1) is 57.8. The van der Waals surface area contributed by atoms with Crippen molar-refractivity contribution in [3.63, 3.8) is 0 Å². The van der Waals surface area contributed by atoms with E-state index in [-0.39, 0.29) is 23.9 Å². The Balaban J connectivity index is 0.749. The molecule has 77 heavy (non-hydrogen) atoms. The van der Waals surface area contributed by atoms with Crippen LogP contribution in [0.4, 0.5) is 0 Å². The second kappa shape index (κ2) is 31.3. The number of hydrogen-bond acceptors (Lipinski definition) is 10. The van der Waals surface area contributed by atoms with Gasteiger partial charge in [-0.3, -0.25) is 9.59 Å². The number of rotatable bonds is 30. The number of benzene rings is 5. The van der Waals surface area contributed by atoms with E-state index >= 15 is 0 Å². The van der Waals surface area contributed by atoms with Crippen molar-refractivity contribution in [2.45, 2.75) is 147 Å². The van der Waals surface area contributed by atoms with Crippen molar-refractivity contribution in [3.8, 4) is 45.3 Å². The van der Waals surface area contributed by atoms with Crippen molar-refractivity contribution in [2.24, 2.45) is 11.8 Å². The summed E-state index contributed by atoms with van der Waals surface area (Å²) in [6.07, 6.45) is 20.9. The summed E-state index contributed by atoms with van der Waals surface area (Å²) in [5.41, 5.74) is 8.34. The van der Waals surface area contributed by atoms with Crippen LogP contribution < -0.4 is 18.9 Å². The number of carbonyl (C=O) groups excluding carboxylic acids is 4. The van der Waals surface area contributed by atoms with Gasteiger partial charge in [-0.15, -0.1) is 0 Å². The Hall–Kier alpha value is -6.94. The molecule has 0 heterocycles. The quantitative estimate of drug-likeness (QED) is 0.0190. The molecule has 0 aliphatic heterocycles. The van der Waals surface area contributed by atoms with Gasteiger partial charge in [-0.2, -0.15) is 0 Å². The number of esters is 4. The molecule has 0 atom stereocenters. The molecule has 0 radical (unpaired) electrons.